The first kappa shape index (κ1) is 20.3. The lowest BCUT2D eigenvalue weighted by molar-refractivity contribution is -0.536. The molecule has 0 aromatic carbocycles. The quantitative estimate of drug-likeness (QED) is 0.348. The molecule has 1 saturated heterocycles. The van der Waals surface area contributed by atoms with Gasteiger partial charge in [-0.25, -0.2) is 0 Å². The average Bonchev–Trinajstić information content (AvgIpc) is 2.81. The molecule has 0 aliphatic carbocycles. The zero-order chi connectivity index (χ0) is 18.3. The molecule has 138 valence electrons. The van der Waals surface area contributed by atoms with E-state index in [4.69, 9.17) is 18.9 Å². The van der Waals surface area contributed by atoms with Crippen LogP contribution in [-0.2, 0) is 28.5 Å². The summed E-state index contributed by atoms with van der Waals surface area (Å²) in [7, 11) is 0. The number of hydrogen-bond acceptors (Lipinski definition) is 8. The Labute approximate surface area is 140 Å². The van der Waals surface area contributed by atoms with Crippen LogP contribution in [-0.4, -0.2) is 54.6 Å². The van der Waals surface area contributed by atoms with Crippen molar-refractivity contribution in [2.24, 2.45) is 5.92 Å². The molecule has 0 bridgehead atoms. The van der Waals surface area contributed by atoms with Crippen molar-refractivity contribution in [3.63, 3.8) is 0 Å². The van der Waals surface area contributed by atoms with Gasteiger partial charge < -0.3 is 18.9 Å². The maximum Gasteiger partial charge on any atom is 0.306 e. The molecule has 9 heteroatoms. The van der Waals surface area contributed by atoms with Crippen molar-refractivity contribution in [1.29, 1.82) is 0 Å². The highest BCUT2D eigenvalue weighted by Gasteiger charge is 2.45. The third-order valence-corrected chi connectivity index (χ3v) is 3.70. The zero-order valence-electron chi connectivity index (χ0n) is 14.5. The third-order valence-electron chi connectivity index (χ3n) is 3.70. The molecule has 1 aliphatic rings. The van der Waals surface area contributed by atoms with Gasteiger partial charge >= 0.3 is 11.9 Å². The standard InChI is InChI=1S/C15H25NO8/c1-5-21-14(18)8-11(13-9-23-15(3,4)24-13)12(16(19)20)6-7-22-10(2)17/h11-13H,5-9H2,1-4H3. The van der Waals surface area contributed by atoms with Gasteiger partial charge in [-0.1, -0.05) is 0 Å². The number of carbonyl (C=O) groups excluding carboxylic acids is 2. The monoisotopic (exact) mass is 347 g/mol. The van der Waals surface area contributed by atoms with Crippen LogP contribution in [0.25, 0.3) is 0 Å². The molecule has 3 atom stereocenters. The molecule has 1 rings (SSSR count). The molecule has 1 fully saturated rings. The number of nitro groups is 1. The second-order valence-corrected chi connectivity index (χ2v) is 6.02. The van der Waals surface area contributed by atoms with Gasteiger partial charge in [0.2, 0.25) is 6.04 Å². The molecule has 0 saturated carbocycles. The van der Waals surface area contributed by atoms with Crippen LogP contribution in [0, 0.1) is 16.0 Å². The lowest BCUT2D eigenvalue weighted by atomic mass is 9.89. The van der Waals surface area contributed by atoms with Crippen LogP contribution >= 0.6 is 0 Å². The normalized spacial score (nSPS) is 21.8. The predicted molar refractivity (Wildman–Crippen MR) is 81.7 cm³/mol. The second-order valence-electron chi connectivity index (χ2n) is 6.02. The second kappa shape index (κ2) is 8.93. The summed E-state index contributed by atoms with van der Waals surface area (Å²) in [5.41, 5.74) is 0. The van der Waals surface area contributed by atoms with Crippen molar-refractivity contribution in [2.75, 3.05) is 19.8 Å². The Hall–Kier alpha value is -1.74. The van der Waals surface area contributed by atoms with Crippen LogP contribution in [0.5, 0.6) is 0 Å². The smallest absolute Gasteiger partial charge is 0.306 e. The van der Waals surface area contributed by atoms with Crippen LogP contribution in [0.1, 0.15) is 40.5 Å². The lowest BCUT2D eigenvalue weighted by Crippen LogP contribution is -2.41. The fourth-order valence-corrected chi connectivity index (χ4v) is 2.65. The minimum atomic E-state index is -1.11. The molecule has 1 aliphatic heterocycles. The molecule has 0 N–H and O–H groups in total. The zero-order valence-corrected chi connectivity index (χ0v) is 14.5. The maximum atomic E-state index is 11.9. The van der Waals surface area contributed by atoms with E-state index in [9.17, 15) is 19.7 Å². The Morgan fingerprint density at radius 2 is 2.04 bits per heavy atom. The Morgan fingerprint density at radius 3 is 2.50 bits per heavy atom. The summed E-state index contributed by atoms with van der Waals surface area (Å²) in [6.07, 6.45) is -0.794. The predicted octanol–water partition coefficient (Wildman–Crippen LogP) is 1.31. The first-order chi connectivity index (χ1) is 11.2. The minimum Gasteiger partial charge on any atom is -0.466 e. The summed E-state index contributed by atoms with van der Waals surface area (Å²) in [6, 6.07) is -1.11. The summed E-state index contributed by atoms with van der Waals surface area (Å²) in [5, 5.41) is 11.5. The van der Waals surface area contributed by atoms with Gasteiger partial charge in [0.25, 0.3) is 0 Å². The van der Waals surface area contributed by atoms with Crippen LogP contribution in [0.2, 0.25) is 0 Å². The van der Waals surface area contributed by atoms with Crippen LogP contribution in [0.4, 0.5) is 0 Å². The summed E-state index contributed by atoms with van der Waals surface area (Å²) in [4.78, 5) is 33.7. The number of ether oxygens (including phenoxy) is 4. The van der Waals surface area contributed by atoms with Gasteiger partial charge in [0.1, 0.15) is 0 Å². The van der Waals surface area contributed by atoms with Gasteiger partial charge in [-0.3, -0.25) is 19.7 Å². The van der Waals surface area contributed by atoms with E-state index >= 15 is 0 Å². The molecule has 0 amide bonds. The Bertz CT molecular complexity index is 464. The highest BCUT2D eigenvalue weighted by Crippen LogP contribution is 2.32. The maximum absolute atomic E-state index is 11.9. The molecule has 24 heavy (non-hydrogen) atoms. The Kier molecular flexibility index (Phi) is 7.56. The van der Waals surface area contributed by atoms with Crippen molar-refractivity contribution in [3.05, 3.63) is 10.1 Å². The number of rotatable bonds is 9. The van der Waals surface area contributed by atoms with E-state index in [2.05, 4.69) is 0 Å². The van der Waals surface area contributed by atoms with Gasteiger partial charge in [-0.05, 0) is 20.8 Å². The van der Waals surface area contributed by atoms with Gasteiger partial charge in [0.15, 0.2) is 5.79 Å². The topological polar surface area (TPSA) is 114 Å². The molecule has 9 nitrogen and oxygen atoms in total. The number of nitrogens with zero attached hydrogens (tertiary/aromatic N) is 1. The fourth-order valence-electron chi connectivity index (χ4n) is 2.65. The van der Waals surface area contributed by atoms with Crippen LogP contribution in [0.15, 0.2) is 0 Å². The van der Waals surface area contributed by atoms with Crippen molar-refractivity contribution in [2.45, 2.75) is 58.5 Å². The van der Waals surface area contributed by atoms with E-state index in [1.807, 2.05) is 0 Å². The van der Waals surface area contributed by atoms with Gasteiger partial charge in [-0.15, -0.1) is 0 Å². The molecule has 0 aromatic heterocycles. The molecule has 0 radical (unpaired) electrons. The van der Waals surface area contributed by atoms with E-state index in [-0.39, 0.29) is 32.7 Å². The summed E-state index contributed by atoms with van der Waals surface area (Å²) in [5.74, 6) is -2.65. The van der Waals surface area contributed by atoms with Gasteiger partial charge in [0.05, 0.1) is 38.3 Å². The highest BCUT2D eigenvalue weighted by atomic mass is 16.7. The number of hydrogen-bond donors (Lipinski definition) is 0. The third kappa shape index (κ3) is 6.40. The van der Waals surface area contributed by atoms with E-state index in [1.54, 1.807) is 20.8 Å². The molecule has 1 heterocycles. The van der Waals surface area contributed by atoms with E-state index in [1.165, 1.54) is 6.92 Å². The van der Waals surface area contributed by atoms with Crippen molar-refractivity contribution in [3.8, 4) is 0 Å². The lowest BCUT2D eigenvalue weighted by Gasteiger charge is -2.26. The average molecular weight is 347 g/mol. The van der Waals surface area contributed by atoms with Gasteiger partial charge in [0, 0.05) is 18.3 Å². The number of esters is 2. The first-order valence-electron chi connectivity index (χ1n) is 7.90. The molecular formula is C15H25NO8. The minimum absolute atomic E-state index is 0.0169. The summed E-state index contributed by atoms with van der Waals surface area (Å²) in [6.45, 7) is 6.54. The van der Waals surface area contributed by atoms with Crippen LogP contribution in [0.3, 0.4) is 0 Å². The van der Waals surface area contributed by atoms with Crippen molar-refractivity contribution >= 4 is 11.9 Å². The Morgan fingerprint density at radius 1 is 1.38 bits per heavy atom. The summed E-state index contributed by atoms with van der Waals surface area (Å²) < 4.78 is 20.9. The largest absolute Gasteiger partial charge is 0.466 e. The molecule has 3 unspecified atom stereocenters. The van der Waals surface area contributed by atoms with E-state index < -0.39 is 40.7 Å². The number of carbonyl (C=O) groups is 2. The van der Waals surface area contributed by atoms with Crippen LogP contribution < -0.4 is 0 Å². The fraction of sp³-hybridized carbons (Fsp3) is 0.867. The van der Waals surface area contributed by atoms with E-state index in [0.717, 1.165) is 0 Å². The molecule has 0 aromatic rings. The van der Waals surface area contributed by atoms with Crippen molar-refractivity contribution < 1.29 is 33.5 Å². The van der Waals surface area contributed by atoms with Gasteiger partial charge in [-0.2, -0.15) is 0 Å². The van der Waals surface area contributed by atoms with E-state index in [0.29, 0.717) is 0 Å². The van der Waals surface area contributed by atoms with Crippen molar-refractivity contribution in [1.82, 2.24) is 0 Å². The molecule has 0 spiro atoms. The SMILES string of the molecule is CCOC(=O)CC(C1COC(C)(C)O1)C(CCOC(C)=O)[N+](=O)[O-]. The Balaban J connectivity index is 2.88. The summed E-state index contributed by atoms with van der Waals surface area (Å²) >= 11 is 0. The molecular weight excluding hydrogens is 322 g/mol. The first-order valence-corrected chi connectivity index (χ1v) is 7.90. The highest BCUT2D eigenvalue weighted by molar-refractivity contribution is 5.69.